The summed E-state index contributed by atoms with van der Waals surface area (Å²) in [4.78, 5) is 17.6. The molecule has 1 aliphatic rings. The molecular weight excluding hydrogens is 431 g/mol. The predicted octanol–water partition coefficient (Wildman–Crippen LogP) is 5.77. The summed E-state index contributed by atoms with van der Waals surface area (Å²) < 4.78 is 25.6. The Bertz CT molecular complexity index is 1220. The summed E-state index contributed by atoms with van der Waals surface area (Å²) in [5.41, 5.74) is -1.05. The number of para-hydroxylation sites is 1. The minimum Gasteiger partial charge on any atom is -0.468 e. The lowest BCUT2D eigenvalue weighted by Crippen LogP contribution is -2.30. The van der Waals surface area contributed by atoms with E-state index >= 15 is 0 Å². The van der Waals surface area contributed by atoms with Crippen LogP contribution >= 0.6 is 11.6 Å². The number of benzene rings is 2. The lowest BCUT2D eigenvalue weighted by Gasteiger charge is -2.20. The van der Waals surface area contributed by atoms with Crippen molar-refractivity contribution in [2.45, 2.75) is 25.2 Å². The normalized spacial score (nSPS) is 20.8. The van der Waals surface area contributed by atoms with Crippen molar-refractivity contribution >= 4 is 17.6 Å². The van der Waals surface area contributed by atoms with Gasteiger partial charge in [-0.25, -0.2) is 9.37 Å². The van der Waals surface area contributed by atoms with Gasteiger partial charge in [0.15, 0.2) is 5.82 Å². The van der Waals surface area contributed by atoms with Crippen LogP contribution in [0.2, 0.25) is 5.02 Å². The second-order valence-corrected chi connectivity index (χ2v) is 8.64. The minimum absolute atomic E-state index is 0.0437. The van der Waals surface area contributed by atoms with E-state index in [-0.39, 0.29) is 23.1 Å². The Morgan fingerprint density at radius 1 is 1.16 bits per heavy atom. The first-order valence-electron chi connectivity index (χ1n) is 9.95. The van der Waals surface area contributed by atoms with Gasteiger partial charge in [-0.05, 0) is 41.3 Å². The first-order valence-corrected chi connectivity index (χ1v) is 10.3. The average Bonchev–Trinajstić information content (AvgIpc) is 3.32. The molecule has 2 atom stereocenters. The molecule has 1 heterocycles. The Hall–Kier alpha value is -3.43. The number of hydrogen-bond donors (Lipinski definition) is 0. The maximum Gasteiger partial charge on any atom is 0.319 e. The van der Waals surface area contributed by atoms with Crippen LogP contribution in [0.4, 0.5) is 4.39 Å². The Morgan fingerprint density at radius 3 is 2.41 bits per heavy atom. The first kappa shape index (κ1) is 21.8. The fraction of sp³-hybridized carbons (Fsp3) is 0.240. The smallest absolute Gasteiger partial charge is 0.319 e. The van der Waals surface area contributed by atoms with Crippen LogP contribution in [0.5, 0.6) is 11.6 Å². The van der Waals surface area contributed by atoms with E-state index in [4.69, 9.17) is 21.1 Å². The van der Waals surface area contributed by atoms with Crippen molar-refractivity contribution in [2.24, 2.45) is 5.41 Å². The van der Waals surface area contributed by atoms with E-state index in [0.29, 0.717) is 10.8 Å². The molecule has 0 N–H and O–H groups in total. The van der Waals surface area contributed by atoms with Gasteiger partial charge in [0.25, 0.3) is 5.88 Å². The van der Waals surface area contributed by atoms with Crippen LogP contribution in [0.1, 0.15) is 36.6 Å². The summed E-state index contributed by atoms with van der Waals surface area (Å²) in [6.45, 7) is 3.79. The highest BCUT2D eigenvalue weighted by atomic mass is 35.5. The number of rotatable bonds is 5. The molecule has 7 heteroatoms. The molecule has 2 unspecified atom stereocenters. The third-order valence-electron chi connectivity index (χ3n) is 6.19. The largest absolute Gasteiger partial charge is 0.468 e. The summed E-state index contributed by atoms with van der Waals surface area (Å²) >= 11 is 6.04. The Morgan fingerprint density at radius 2 is 1.81 bits per heavy atom. The van der Waals surface area contributed by atoms with E-state index in [1.54, 1.807) is 42.5 Å². The summed E-state index contributed by atoms with van der Waals surface area (Å²) in [5.74, 6) is -1.65. The van der Waals surface area contributed by atoms with Gasteiger partial charge < -0.3 is 9.47 Å². The van der Waals surface area contributed by atoms with Crippen LogP contribution in [0.25, 0.3) is 0 Å². The molecule has 1 aliphatic carbocycles. The molecule has 4 rings (SSSR count). The fourth-order valence-corrected chi connectivity index (χ4v) is 4.82. The summed E-state index contributed by atoms with van der Waals surface area (Å²) in [6.07, 6.45) is 0. The lowest BCUT2D eigenvalue weighted by molar-refractivity contribution is -0.145. The van der Waals surface area contributed by atoms with Gasteiger partial charge in [0.2, 0.25) is 0 Å². The summed E-state index contributed by atoms with van der Waals surface area (Å²) in [5, 5.41) is 10.3. The highest BCUT2D eigenvalue weighted by molar-refractivity contribution is 6.30. The minimum atomic E-state index is -1.30. The molecule has 0 radical (unpaired) electrons. The maximum absolute atomic E-state index is 14.8. The Kier molecular flexibility index (Phi) is 5.39. The molecule has 3 aromatic rings. The number of carbonyl (C=O) groups is 1. The van der Waals surface area contributed by atoms with Crippen molar-refractivity contribution in [3.63, 3.8) is 0 Å². The van der Waals surface area contributed by atoms with Crippen molar-refractivity contribution in [1.82, 2.24) is 4.98 Å². The molecule has 1 aromatic heterocycles. The quantitative estimate of drug-likeness (QED) is 0.461. The van der Waals surface area contributed by atoms with Gasteiger partial charge in [-0.15, -0.1) is 0 Å². The highest BCUT2D eigenvalue weighted by Gasteiger charge is 2.79. The number of halogens is 2. The van der Waals surface area contributed by atoms with E-state index in [2.05, 4.69) is 4.98 Å². The van der Waals surface area contributed by atoms with E-state index in [9.17, 15) is 14.4 Å². The zero-order chi connectivity index (χ0) is 23.1. The number of esters is 1. The molecule has 2 aromatic carbocycles. The van der Waals surface area contributed by atoms with Crippen molar-refractivity contribution in [3.8, 4) is 17.7 Å². The van der Waals surface area contributed by atoms with Gasteiger partial charge in [-0.3, -0.25) is 4.79 Å². The molecule has 0 bridgehead atoms. The summed E-state index contributed by atoms with van der Waals surface area (Å²) in [7, 11) is 1.29. The van der Waals surface area contributed by atoms with Crippen molar-refractivity contribution in [3.05, 3.63) is 88.3 Å². The third kappa shape index (κ3) is 3.21. The molecule has 1 fully saturated rings. The third-order valence-corrected chi connectivity index (χ3v) is 6.45. The summed E-state index contributed by atoms with van der Waals surface area (Å²) in [6, 6.07) is 18.8. The highest BCUT2D eigenvalue weighted by Crippen LogP contribution is 2.75. The van der Waals surface area contributed by atoms with Crippen LogP contribution in [0, 0.1) is 22.6 Å². The number of nitriles is 1. The van der Waals surface area contributed by atoms with Gasteiger partial charge in [-0.1, -0.05) is 55.8 Å². The number of pyridine rings is 1. The van der Waals surface area contributed by atoms with Gasteiger partial charge >= 0.3 is 5.97 Å². The molecule has 5 nitrogen and oxygen atoms in total. The molecule has 0 amide bonds. The fourth-order valence-electron chi connectivity index (χ4n) is 4.70. The van der Waals surface area contributed by atoms with E-state index < -0.39 is 22.6 Å². The van der Waals surface area contributed by atoms with E-state index in [1.165, 1.54) is 7.11 Å². The maximum atomic E-state index is 14.8. The first-order chi connectivity index (χ1) is 15.3. The van der Waals surface area contributed by atoms with Crippen molar-refractivity contribution in [2.75, 3.05) is 7.11 Å². The number of carbonyl (C=O) groups excluding carboxylic acids is 1. The number of aromatic nitrogens is 1. The number of nitrogens with zero attached hydrogens (tertiary/aromatic N) is 2. The van der Waals surface area contributed by atoms with Gasteiger partial charge in [0, 0.05) is 10.9 Å². The molecule has 0 saturated heterocycles. The van der Waals surface area contributed by atoms with Crippen LogP contribution < -0.4 is 4.74 Å². The van der Waals surface area contributed by atoms with Crippen molar-refractivity contribution < 1.29 is 18.7 Å². The van der Waals surface area contributed by atoms with Crippen LogP contribution in [0.15, 0.2) is 60.7 Å². The topological polar surface area (TPSA) is 72.2 Å². The van der Waals surface area contributed by atoms with Crippen LogP contribution in [-0.4, -0.2) is 18.1 Å². The molecular formula is C25H20ClFN2O3. The zero-order valence-electron chi connectivity index (χ0n) is 17.7. The second-order valence-electron chi connectivity index (χ2n) is 8.20. The Labute approximate surface area is 190 Å². The Balaban J connectivity index is 1.91. The second kappa shape index (κ2) is 7.92. The van der Waals surface area contributed by atoms with E-state index in [1.807, 2.05) is 32.0 Å². The lowest BCUT2D eigenvalue weighted by atomic mass is 9.88. The van der Waals surface area contributed by atoms with Gasteiger partial charge in [-0.2, -0.15) is 5.26 Å². The SMILES string of the molecule is COC(=O)C1(c2nc(Oc3ccccc3)c(F)cc2C#N)C(c2ccc(Cl)cc2)C1(C)C. The molecule has 0 aliphatic heterocycles. The number of hydrogen-bond acceptors (Lipinski definition) is 5. The van der Waals surface area contributed by atoms with Crippen molar-refractivity contribution in [1.29, 1.82) is 5.26 Å². The average molecular weight is 451 g/mol. The molecule has 0 spiro atoms. The van der Waals surface area contributed by atoms with Gasteiger partial charge in [0.05, 0.1) is 18.4 Å². The monoisotopic (exact) mass is 450 g/mol. The van der Waals surface area contributed by atoms with Crippen LogP contribution in [0.3, 0.4) is 0 Å². The molecule has 162 valence electrons. The molecule has 32 heavy (non-hydrogen) atoms. The van der Waals surface area contributed by atoms with Crippen LogP contribution in [-0.2, 0) is 14.9 Å². The molecule has 1 saturated carbocycles. The zero-order valence-corrected chi connectivity index (χ0v) is 18.5. The van der Waals surface area contributed by atoms with Gasteiger partial charge in [0.1, 0.15) is 17.2 Å². The predicted molar refractivity (Wildman–Crippen MR) is 117 cm³/mol. The standard InChI is InChI=1S/C25H20ClFN2O3/c1-24(2)20(15-9-11-17(26)12-10-15)25(24,23(30)31-3)21-16(14-28)13-19(27)22(29-21)32-18-7-5-4-6-8-18/h4-13,20H,1-3H3. The number of ether oxygens (including phenoxy) is 2. The van der Waals surface area contributed by atoms with E-state index in [0.717, 1.165) is 11.6 Å². The number of methoxy groups -OCH3 is 1.